The molecule has 1 aromatic rings. The van der Waals surface area contributed by atoms with E-state index in [1.54, 1.807) is 31.2 Å². The number of nitrogens with one attached hydrogen (secondary N) is 3. The molecule has 41 heavy (non-hydrogen) atoms. The largest absolute Gasteiger partial charge is 0.445 e. The van der Waals surface area contributed by atoms with Crippen LogP contribution in [0.25, 0.3) is 0 Å². The van der Waals surface area contributed by atoms with Crippen molar-refractivity contribution in [2.45, 2.75) is 78.4 Å². The average Bonchev–Trinajstić information content (AvgIpc) is 2.92. The van der Waals surface area contributed by atoms with Gasteiger partial charge in [0.2, 0.25) is 11.8 Å². The molecular weight excluding hydrogens is 519 g/mol. The van der Waals surface area contributed by atoms with Crippen molar-refractivity contribution in [1.82, 2.24) is 20.4 Å². The van der Waals surface area contributed by atoms with Crippen molar-refractivity contribution >= 4 is 51.6 Å². The second kappa shape index (κ2) is 19.2. The molecule has 3 atom stereocenters. The smallest absolute Gasteiger partial charge is 0.409 e. The molecule has 0 saturated heterocycles. The van der Waals surface area contributed by atoms with Crippen LogP contribution in [0.5, 0.6) is 0 Å². The Labute approximate surface area is 248 Å². The van der Waals surface area contributed by atoms with E-state index in [1.807, 2.05) is 40.0 Å². The van der Waals surface area contributed by atoms with Gasteiger partial charge in [-0.1, -0.05) is 64.9 Å². The molecule has 1 aromatic carbocycles. The zero-order valence-corrected chi connectivity index (χ0v) is 25.7. The van der Waals surface area contributed by atoms with E-state index in [-0.39, 0.29) is 30.6 Å². The topological polar surface area (TPSA) is 120 Å². The molecular formula is C28H46B3N5O5. The van der Waals surface area contributed by atoms with Crippen LogP contribution in [0.2, 0.25) is 5.82 Å². The van der Waals surface area contributed by atoms with Crippen LogP contribution >= 0.6 is 0 Å². The number of carbonyl (C=O) groups is 4. The maximum atomic E-state index is 12.9. The van der Waals surface area contributed by atoms with Crippen molar-refractivity contribution in [3.63, 3.8) is 0 Å². The molecule has 0 aromatic heterocycles. The minimum absolute atomic E-state index is 0.0616. The second-order valence-electron chi connectivity index (χ2n) is 10.9. The number of likely N-dealkylation sites (N-methyl/N-ethyl adjacent to an activating group) is 1. The van der Waals surface area contributed by atoms with Gasteiger partial charge >= 0.3 is 6.09 Å². The molecule has 4 radical (unpaired) electrons. The fourth-order valence-corrected chi connectivity index (χ4v) is 3.73. The maximum absolute atomic E-state index is 12.9. The van der Waals surface area contributed by atoms with E-state index < -0.39 is 30.0 Å². The summed E-state index contributed by atoms with van der Waals surface area (Å²) in [6, 6.07) is 5.23. The molecule has 222 valence electrons. The normalized spacial score (nSPS) is 13.1. The van der Waals surface area contributed by atoms with Crippen molar-refractivity contribution in [1.29, 1.82) is 0 Å². The van der Waals surface area contributed by atoms with Crippen molar-refractivity contribution in [3.05, 3.63) is 29.8 Å². The highest BCUT2D eigenvalue weighted by molar-refractivity contribution is 7.16. The number of unbranched alkanes of at least 4 members (excludes halogenated alkanes) is 1. The Kier molecular flexibility index (Phi) is 16.9. The molecule has 0 spiro atoms. The molecule has 0 fully saturated rings. The third-order valence-electron chi connectivity index (χ3n) is 6.47. The zero-order valence-electron chi connectivity index (χ0n) is 25.7. The predicted molar refractivity (Wildman–Crippen MR) is 166 cm³/mol. The van der Waals surface area contributed by atoms with E-state index >= 15 is 0 Å². The third-order valence-corrected chi connectivity index (χ3v) is 6.47. The van der Waals surface area contributed by atoms with Gasteiger partial charge in [-0.2, -0.15) is 0 Å². The van der Waals surface area contributed by atoms with Gasteiger partial charge in [0.05, 0.1) is 15.0 Å². The summed E-state index contributed by atoms with van der Waals surface area (Å²) in [5, 5.41) is 8.21. The van der Waals surface area contributed by atoms with Crippen molar-refractivity contribution in [2.24, 2.45) is 5.92 Å². The highest BCUT2D eigenvalue weighted by atomic mass is 16.6. The van der Waals surface area contributed by atoms with Gasteiger partial charge in [0.25, 0.3) is 0 Å². The highest BCUT2D eigenvalue weighted by Crippen LogP contribution is 2.13. The second-order valence-corrected chi connectivity index (χ2v) is 10.9. The lowest BCUT2D eigenvalue weighted by Gasteiger charge is -2.24. The molecule has 0 saturated carbocycles. The standard InChI is InChI=1S/C28H46B3N5O5/c1-8-9-10-20(4)30-31-27(39)34-24(19(2)3)26(38)32-21(5)25(37)33-23-13-11-22(12-14-23)17-41-28(40)36(18-29)16-15-35(6)7/h11-14,19-21,24H,8-10,15-18H2,1-7H3,(H,32,38)(H,33,37)(H,34,39)/t20?,21-,24-/m0/s1. The average molecular weight is 565 g/mol. The first-order chi connectivity index (χ1) is 19.4. The van der Waals surface area contributed by atoms with Crippen LogP contribution in [-0.4, -0.2) is 101 Å². The monoisotopic (exact) mass is 565 g/mol. The van der Waals surface area contributed by atoms with Gasteiger partial charge in [-0.05, 0) is 51.1 Å². The number of hydrogen-bond acceptors (Lipinski definition) is 6. The number of nitrogens with zero attached hydrogens (tertiary/aromatic N) is 2. The van der Waals surface area contributed by atoms with Crippen molar-refractivity contribution in [3.8, 4) is 0 Å². The highest BCUT2D eigenvalue weighted by Gasteiger charge is 2.27. The number of anilines is 1. The lowest BCUT2D eigenvalue weighted by molar-refractivity contribution is -0.128. The van der Waals surface area contributed by atoms with Gasteiger partial charge in [0.1, 0.15) is 18.7 Å². The zero-order chi connectivity index (χ0) is 30.9. The summed E-state index contributed by atoms with van der Waals surface area (Å²) >= 11 is 0. The van der Waals surface area contributed by atoms with E-state index in [9.17, 15) is 19.2 Å². The van der Waals surface area contributed by atoms with Crippen LogP contribution < -0.4 is 16.0 Å². The van der Waals surface area contributed by atoms with E-state index in [0.717, 1.165) is 24.8 Å². The molecule has 13 heteroatoms. The third kappa shape index (κ3) is 14.5. The number of rotatable bonds is 18. The molecule has 3 N–H and O–H groups in total. The summed E-state index contributed by atoms with van der Waals surface area (Å²) in [7, 11) is 12.8. The predicted octanol–water partition coefficient (Wildman–Crippen LogP) is 2.81. The number of benzene rings is 1. The Morgan fingerprint density at radius 1 is 0.976 bits per heavy atom. The summed E-state index contributed by atoms with van der Waals surface area (Å²) < 4.78 is 5.35. The Balaban J connectivity index is 2.58. The summed E-state index contributed by atoms with van der Waals surface area (Å²) in [5.41, 5.74) is 1.27. The summed E-state index contributed by atoms with van der Waals surface area (Å²) in [6.07, 6.45) is 2.76. The quantitative estimate of drug-likeness (QED) is 0.236. The van der Waals surface area contributed by atoms with Crippen LogP contribution in [0.4, 0.5) is 15.3 Å². The molecule has 1 unspecified atom stereocenters. The van der Waals surface area contributed by atoms with Gasteiger partial charge in [-0.25, -0.2) is 4.79 Å². The first kappa shape index (κ1) is 36.1. The Morgan fingerprint density at radius 3 is 2.20 bits per heavy atom. The van der Waals surface area contributed by atoms with Crippen LogP contribution in [0, 0.1) is 5.92 Å². The fraction of sp³-hybridized carbons (Fsp3) is 0.643. The lowest BCUT2D eigenvalue weighted by atomic mass is 9.33. The molecule has 10 nitrogen and oxygen atoms in total. The molecule has 0 heterocycles. The van der Waals surface area contributed by atoms with Gasteiger partial charge < -0.3 is 30.5 Å². The van der Waals surface area contributed by atoms with Gasteiger partial charge in [-0.15, -0.1) is 0 Å². The minimum atomic E-state index is -0.838. The molecule has 0 aliphatic rings. The Morgan fingerprint density at radius 2 is 1.63 bits per heavy atom. The summed E-state index contributed by atoms with van der Waals surface area (Å²) in [4.78, 5) is 53.7. The Bertz CT molecular complexity index is 965. The minimum Gasteiger partial charge on any atom is -0.445 e. The molecule has 0 aliphatic heterocycles. The van der Waals surface area contributed by atoms with E-state index in [4.69, 9.17) is 12.6 Å². The van der Waals surface area contributed by atoms with E-state index in [2.05, 4.69) is 29.8 Å². The summed E-state index contributed by atoms with van der Waals surface area (Å²) in [6.45, 7) is 10.6. The van der Waals surface area contributed by atoms with Crippen LogP contribution in [0.1, 0.15) is 59.4 Å². The SMILES string of the molecule is [B]CN(CCN(C)C)C(=O)OCc1ccc(NC(=O)[C@H](C)NC(=O)[C@@H](NC(=O)[B][B]C(C)CCCC)C(C)C)cc1. The molecule has 4 amide bonds. The van der Waals surface area contributed by atoms with Crippen molar-refractivity contribution in [2.75, 3.05) is 38.9 Å². The fourth-order valence-electron chi connectivity index (χ4n) is 3.73. The van der Waals surface area contributed by atoms with Gasteiger partial charge in [0, 0.05) is 18.8 Å². The number of ether oxygens (including phenoxy) is 1. The Hall–Kier alpha value is -2.95. The van der Waals surface area contributed by atoms with Crippen LogP contribution in [-0.2, 0) is 20.9 Å². The van der Waals surface area contributed by atoms with E-state index in [1.165, 1.54) is 12.1 Å². The number of hydrogen-bond donors (Lipinski definition) is 3. The van der Waals surface area contributed by atoms with Crippen LogP contribution in [0.15, 0.2) is 24.3 Å². The van der Waals surface area contributed by atoms with Gasteiger partial charge in [0.15, 0.2) is 13.0 Å². The maximum Gasteiger partial charge on any atom is 0.409 e. The summed E-state index contributed by atoms with van der Waals surface area (Å²) in [5.74, 6) is -1.08. The van der Waals surface area contributed by atoms with Crippen LogP contribution in [0.3, 0.4) is 0 Å². The molecule has 0 bridgehead atoms. The van der Waals surface area contributed by atoms with E-state index in [0.29, 0.717) is 18.8 Å². The number of amides is 4. The molecule has 0 aliphatic carbocycles. The number of carbonyl (C=O) groups excluding carboxylic acids is 4. The first-order valence-corrected chi connectivity index (χ1v) is 14.3. The van der Waals surface area contributed by atoms with Gasteiger partial charge in [-0.3, -0.25) is 14.4 Å². The molecule has 1 rings (SSSR count). The first-order valence-electron chi connectivity index (χ1n) is 14.3. The van der Waals surface area contributed by atoms with Crippen molar-refractivity contribution < 1.29 is 23.9 Å². The lowest BCUT2D eigenvalue weighted by Crippen LogP contribution is -2.54.